The van der Waals surface area contributed by atoms with Crippen LogP contribution in [0.2, 0.25) is 5.02 Å². The minimum absolute atomic E-state index is 0.138. The summed E-state index contributed by atoms with van der Waals surface area (Å²) in [4.78, 5) is 10.7. The summed E-state index contributed by atoms with van der Waals surface area (Å²) in [5.41, 5.74) is 0.798. The molecule has 0 radical (unpaired) electrons. The van der Waals surface area contributed by atoms with Gasteiger partial charge in [-0.15, -0.1) is 0 Å². The first kappa shape index (κ1) is 15.3. The maximum Gasteiger partial charge on any atom is 0.273 e. The fraction of sp³-hybridized carbons (Fsp3) is 0.600. The molecule has 0 saturated heterocycles. The van der Waals surface area contributed by atoms with Crippen LogP contribution in [0.3, 0.4) is 0 Å². The van der Waals surface area contributed by atoms with E-state index in [1.54, 1.807) is 12.1 Å². The molecule has 4 nitrogen and oxygen atoms in total. The highest BCUT2D eigenvalue weighted by Gasteiger charge is 2.24. The van der Waals surface area contributed by atoms with Crippen molar-refractivity contribution in [2.45, 2.75) is 45.7 Å². The fourth-order valence-corrected chi connectivity index (χ4v) is 3.44. The lowest BCUT2D eigenvalue weighted by Gasteiger charge is -2.32. The second-order valence-corrected chi connectivity index (χ2v) is 6.46. The van der Waals surface area contributed by atoms with E-state index in [-0.39, 0.29) is 10.6 Å². The predicted octanol–water partition coefficient (Wildman–Crippen LogP) is 4.16. The maximum atomic E-state index is 11.0. The number of nitro groups is 1. The largest absolute Gasteiger partial charge is 0.310 e. The van der Waals surface area contributed by atoms with Gasteiger partial charge in [0, 0.05) is 29.2 Å². The Hall–Kier alpha value is -1.13. The van der Waals surface area contributed by atoms with E-state index < -0.39 is 0 Å². The van der Waals surface area contributed by atoms with Crippen molar-refractivity contribution >= 4 is 17.3 Å². The highest BCUT2D eigenvalue weighted by molar-refractivity contribution is 6.30. The van der Waals surface area contributed by atoms with E-state index in [9.17, 15) is 10.1 Å². The highest BCUT2D eigenvalue weighted by atomic mass is 35.5. The Balaban J connectivity index is 2.03. The number of hydrogen-bond acceptors (Lipinski definition) is 3. The zero-order valence-corrected chi connectivity index (χ0v) is 12.7. The van der Waals surface area contributed by atoms with Crippen LogP contribution in [-0.4, -0.2) is 11.0 Å². The average molecular weight is 297 g/mol. The van der Waals surface area contributed by atoms with Crippen LogP contribution in [0.5, 0.6) is 0 Å². The molecule has 0 spiro atoms. The monoisotopic (exact) mass is 296 g/mol. The van der Waals surface area contributed by atoms with Crippen molar-refractivity contribution in [1.29, 1.82) is 0 Å². The molecule has 1 aromatic carbocycles. The summed E-state index contributed by atoms with van der Waals surface area (Å²) < 4.78 is 0. The van der Waals surface area contributed by atoms with Crippen LogP contribution in [0.25, 0.3) is 0 Å². The smallest absolute Gasteiger partial charge is 0.273 e. The number of nitro benzene ring substituents is 1. The Morgan fingerprint density at radius 3 is 2.55 bits per heavy atom. The number of halogens is 1. The van der Waals surface area contributed by atoms with Gasteiger partial charge in [0.2, 0.25) is 0 Å². The average Bonchev–Trinajstić information content (AvgIpc) is 2.35. The van der Waals surface area contributed by atoms with Gasteiger partial charge >= 0.3 is 0 Å². The standard InChI is InChI=1S/C15H21ClN2O2/c1-10-5-11(2)7-14(6-10)17-9-12-8-13(16)3-4-15(12)18(19)20/h3-4,8,10-11,14,17H,5-7,9H2,1-2H3. The third-order valence-corrected chi connectivity index (χ3v) is 4.23. The summed E-state index contributed by atoms with van der Waals surface area (Å²) in [7, 11) is 0. The van der Waals surface area contributed by atoms with Crippen molar-refractivity contribution in [1.82, 2.24) is 5.32 Å². The fourth-order valence-electron chi connectivity index (χ4n) is 3.24. The van der Waals surface area contributed by atoms with E-state index in [2.05, 4.69) is 19.2 Å². The van der Waals surface area contributed by atoms with Crippen molar-refractivity contribution < 1.29 is 4.92 Å². The molecule has 0 bridgehead atoms. The third kappa shape index (κ3) is 3.93. The van der Waals surface area contributed by atoms with Gasteiger partial charge < -0.3 is 5.32 Å². The van der Waals surface area contributed by atoms with E-state index >= 15 is 0 Å². The molecule has 5 heteroatoms. The van der Waals surface area contributed by atoms with Gasteiger partial charge in [0.1, 0.15) is 0 Å². The van der Waals surface area contributed by atoms with E-state index in [1.807, 2.05) is 0 Å². The Bertz CT molecular complexity index is 483. The molecule has 1 saturated carbocycles. The lowest BCUT2D eigenvalue weighted by Crippen LogP contribution is -2.36. The summed E-state index contributed by atoms with van der Waals surface area (Å²) in [6.07, 6.45) is 3.55. The van der Waals surface area contributed by atoms with Crippen molar-refractivity contribution in [3.63, 3.8) is 0 Å². The summed E-state index contributed by atoms with van der Waals surface area (Å²) in [6.45, 7) is 5.04. The molecule has 20 heavy (non-hydrogen) atoms. The molecule has 0 amide bonds. The molecule has 2 rings (SSSR count). The van der Waals surface area contributed by atoms with E-state index in [1.165, 1.54) is 12.5 Å². The quantitative estimate of drug-likeness (QED) is 0.670. The molecule has 1 aliphatic carbocycles. The first-order chi connectivity index (χ1) is 9.45. The molecule has 1 aliphatic rings. The van der Waals surface area contributed by atoms with Crippen LogP contribution in [0.15, 0.2) is 18.2 Å². The second kappa shape index (κ2) is 6.55. The van der Waals surface area contributed by atoms with Gasteiger partial charge in [0.15, 0.2) is 0 Å². The van der Waals surface area contributed by atoms with Gasteiger partial charge in [-0.05, 0) is 43.2 Å². The Morgan fingerprint density at radius 1 is 1.30 bits per heavy atom. The van der Waals surface area contributed by atoms with Gasteiger partial charge in [0.05, 0.1) is 4.92 Å². The van der Waals surface area contributed by atoms with Gasteiger partial charge in [-0.1, -0.05) is 25.4 Å². The maximum absolute atomic E-state index is 11.0. The number of hydrogen-bond donors (Lipinski definition) is 1. The summed E-state index contributed by atoms with van der Waals surface area (Å²) in [5, 5.41) is 15.0. The van der Waals surface area contributed by atoms with Crippen LogP contribution in [0.4, 0.5) is 5.69 Å². The summed E-state index contributed by atoms with van der Waals surface area (Å²) >= 11 is 5.94. The normalized spacial score (nSPS) is 26.4. The molecule has 1 N–H and O–H groups in total. The molecule has 2 unspecified atom stereocenters. The SMILES string of the molecule is CC1CC(C)CC(NCc2cc(Cl)ccc2[N+](=O)[O-])C1. The zero-order valence-electron chi connectivity index (χ0n) is 11.9. The number of nitrogens with one attached hydrogen (secondary N) is 1. The van der Waals surface area contributed by atoms with Crippen LogP contribution in [0.1, 0.15) is 38.7 Å². The number of benzene rings is 1. The Kier molecular flexibility index (Phi) is 5.00. The topological polar surface area (TPSA) is 55.2 Å². The van der Waals surface area contributed by atoms with Crippen LogP contribution in [0, 0.1) is 22.0 Å². The minimum Gasteiger partial charge on any atom is -0.310 e. The Morgan fingerprint density at radius 2 is 1.95 bits per heavy atom. The van der Waals surface area contributed by atoms with E-state index in [0.29, 0.717) is 35.0 Å². The lowest BCUT2D eigenvalue weighted by molar-refractivity contribution is -0.385. The molecule has 0 heterocycles. The van der Waals surface area contributed by atoms with Gasteiger partial charge in [-0.3, -0.25) is 10.1 Å². The zero-order chi connectivity index (χ0) is 14.7. The van der Waals surface area contributed by atoms with Crippen molar-refractivity contribution in [3.8, 4) is 0 Å². The second-order valence-electron chi connectivity index (χ2n) is 6.03. The minimum atomic E-state index is -0.348. The van der Waals surface area contributed by atoms with Crippen LogP contribution >= 0.6 is 11.6 Å². The molecule has 110 valence electrons. The highest BCUT2D eigenvalue weighted by Crippen LogP contribution is 2.29. The molecule has 1 aromatic rings. The Labute approximate surface area is 124 Å². The summed E-state index contributed by atoms with van der Waals surface area (Å²) in [6, 6.07) is 5.16. The van der Waals surface area contributed by atoms with Gasteiger partial charge in [0.25, 0.3) is 5.69 Å². The molecular weight excluding hydrogens is 276 g/mol. The van der Waals surface area contributed by atoms with Crippen molar-refractivity contribution in [3.05, 3.63) is 38.9 Å². The van der Waals surface area contributed by atoms with Crippen molar-refractivity contribution in [2.24, 2.45) is 11.8 Å². The molecule has 0 aromatic heterocycles. The molecule has 0 aliphatic heterocycles. The predicted molar refractivity (Wildman–Crippen MR) is 80.9 cm³/mol. The van der Waals surface area contributed by atoms with Crippen LogP contribution in [-0.2, 0) is 6.54 Å². The molecular formula is C15H21ClN2O2. The third-order valence-electron chi connectivity index (χ3n) is 4.00. The lowest BCUT2D eigenvalue weighted by atomic mass is 9.80. The first-order valence-corrected chi connectivity index (χ1v) is 7.49. The van der Waals surface area contributed by atoms with Crippen molar-refractivity contribution in [2.75, 3.05) is 0 Å². The summed E-state index contributed by atoms with van der Waals surface area (Å²) in [5.74, 6) is 1.43. The first-order valence-electron chi connectivity index (χ1n) is 7.12. The number of nitrogens with zero attached hydrogens (tertiary/aromatic N) is 1. The van der Waals surface area contributed by atoms with E-state index in [4.69, 9.17) is 11.6 Å². The number of rotatable bonds is 4. The van der Waals surface area contributed by atoms with E-state index in [0.717, 1.165) is 12.8 Å². The molecule has 2 atom stereocenters. The van der Waals surface area contributed by atoms with Crippen LogP contribution < -0.4 is 5.32 Å². The molecule has 1 fully saturated rings. The van der Waals surface area contributed by atoms with Gasteiger partial charge in [-0.25, -0.2) is 0 Å². The van der Waals surface area contributed by atoms with Gasteiger partial charge in [-0.2, -0.15) is 0 Å².